The molecule has 15 heteroatoms. The minimum Gasteiger partial charge on any atom is -0.391 e. The number of nitrogens with one attached hydrogen (secondary N) is 1. The number of fused-ring (bicyclic) bond motifs is 2. The zero-order valence-electron chi connectivity index (χ0n) is 12.9. The van der Waals surface area contributed by atoms with Crippen LogP contribution in [-0.4, -0.2) is 55.5 Å². The molecule has 13 nitrogen and oxygen atoms in total. The van der Waals surface area contributed by atoms with E-state index in [1.54, 1.807) is 7.28 Å². The molecule has 4 rings (SSSR count). The van der Waals surface area contributed by atoms with Crippen molar-refractivity contribution in [2.45, 2.75) is 23.6 Å². The van der Waals surface area contributed by atoms with Gasteiger partial charge in [0.25, 0.3) is 23.2 Å². The second-order valence-electron chi connectivity index (χ2n) is 5.96. The Morgan fingerprint density at radius 3 is 3.04 bits per heavy atom. The van der Waals surface area contributed by atoms with Crippen molar-refractivity contribution in [2.75, 3.05) is 12.3 Å². The van der Waals surface area contributed by atoms with Gasteiger partial charge in [0.1, 0.15) is 6.10 Å². The third kappa shape index (κ3) is 2.45. The molecule has 0 bridgehead atoms. The molecule has 2 fully saturated rings. The number of aromatic amines is 1. The van der Waals surface area contributed by atoms with Crippen LogP contribution in [0.5, 0.6) is 0 Å². The van der Waals surface area contributed by atoms with Gasteiger partial charge in [0, 0.05) is 5.82 Å². The lowest BCUT2D eigenvalue weighted by Crippen LogP contribution is -2.50. The molecule has 2 saturated heterocycles. The molecule has 0 amide bonds. The SMILES string of the molecule is N#Cn1c[n+]([C@@]23[B][C@@H]2[C@H](O)[C@@H](COP(=O)(O)O)O3)c2nc(N)[nH]c(=O)c21. The number of imidazole rings is 1. The molecule has 0 unspecified atom stereocenters. The van der Waals surface area contributed by atoms with Crippen molar-refractivity contribution >= 4 is 32.2 Å². The maximum absolute atomic E-state index is 12.1. The lowest BCUT2D eigenvalue weighted by Gasteiger charge is -2.19. The number of H-pyrrole nitrogens is 1. The highest BCUT2D eigenvalue weighted by molar-refractivity contribution is 7.46. The van der Waals surface area contributed by atoms with E-state index in [1.807, 2.05) is 6.19 Å². The van der Waals surface area contributed by atoms with Crippen molar-refractivity contribution in [1.29, 1.82) is 5.26 Å². The van der Waals surface area contributed by atoms with Crippen molar-refractivity contribution in [3.63, 3.8) is 0 Å². The van der Waals surface area contributed by atoms with E-state index in [2.05, 4.69) is 14.5 Å². The van der Waals surface area contributed by atoms with Crippen LogP contribution in [0.1, 0.15) is 0 Å². The van der Waals surface area contributed by atoms with Crippen LogP contribution in [0.25, 0.3) is 11.2 Å². The predicted octanol–water partition coefficient (Wildman–Crippen LogP) is -3.09. The van der Waals surface area contributed by atoms with Gasteiger partial charge >= 0.3 is 13.5 Å². The normalized spacial score (nSPS) is 30.0. The molecule has 4 atom stereocenters. The first-order valence-electron chi connectivity index (χ1n) is 7.31. The number of nitriles is 1. The van der Waals surface area contributed by atoms with Gasteiger partial charge in [0.2, 0.25) is 13.6 Å². The van der Waals surface area contributed by atoms with Gasteiger partial charge in [-0.1, -0.05) is 4.98 Å². The van der Waals surface area contributed by atoms with Gasteiger partial charge in [-0.05, 0) is 0 Å². The van der Waals surface area contributed by atoms with Gasteiger partial charge in [-0.3, -0.25) is 14.3 Å². The van der Waals surface area contributed by atoms with E-state index in [0.717, 1.165) is 4.57 Å². The Kier molecular flexibility index (Phi) is 3.54. The number of hydrogen-bond donors (Lipinski definition) is 5. The number of ether oxygens (including phenoxy) is 1. The first-order chi connectivity index (χ1) is 12.2. The van der Waals surface area contributed by atoms with Gasteiger partial charge in [0.05, 0.1) is 12.7 Å². The summed E-state index contributed by atoms with van der Waals surface area (Å²) in [6.07, 6.45) is 0.966. The molecular formula is C11H12BN6O7P+. The number of aliphatic hydroxyl groups excluding tert-OH is 1. The van der Waals surface area contributed by atoms with Crippen molar-refractivity contribution in [3.8, 4) is 6.19 Å². The number of nitrogens with two attached hydrogens (primary N) is 1. The molecular weight excluding hydrogens is 370 g/mol. The van der Waals surface area contributed by atoms with Gasteiger partial charge in [0.15, 0.2) is 5.62 Å². The molecule has 0 spiro atoms. The molecule has 2 aliphatic rings. The van der Waals surface area contributed by atoms with E-state index < -0.39 is 43.6 Å². The minimum absolute atomic E-state index is 0.0527. The first-order valence-corrected chi connectivity index (χ1v) is 8.84. The maximum Gasteiger partial charge on any atom is 0.469 e. The Morgan fingerprint density at radius 2 is 2.38 bits per heavy atom. The topological polar surface area (TPSA) is 201 Å². The number of rotatable bonds is 4. The zero-order valence-corrected chi connectivity index (χ0v) is 13.8. The largest absolute Gasteiger partial charge is 0.469 e. The summed E-state index contributed by atoms with van der Waals surface area (Å²) in [6.45, 7) is -0.537. The fraction of sp³-hybridized carbons (Fsp3) is 0.455. The van der Waals surface area contributed by atoms with Gasteiger partial charge in [-0.2, -0.15) is 9.83 Å². The molecule has 135 valence electrons. The molecule has 6 N–H and O–H groups in total. The van der Waals surface area contributed by atoms with Gasteiger partial charge < -0.3 is 25.4 Å². The van der Waals surface area contributed by atoms with Crippen LogP contribution < -0.4 is 15.9 Å². The van der Waals surface area contributed by atoms with E-state index in [4.69, 9.17) is 20.3 Å². The van der Waals surface area contributed by atoms with Crippen molar-refractivity contribution in [2.24, 2.45) is 0 Å². The van der Waals surface area contributed by atoms with Gasteiger partial charge in [-0.25, -0.2) is 9.13 Å². The molecule has 26 heavy (non-hydrogen) atoms. The maximum atomic E-state index is 12.1. The summed E-state index contributed by atoms with van der Waals surface area (Å²) in [5.41, 5.74) is 3.73. The number of anilines is 1. The van der Waals surface area contributed by atoms with Crippen LogP contribution in [0.2, 0.25) is 5.82 Å². The first kappa shape index (κ1) is 17.2. The molecule has 0 saturated carbocycles. The predicted molar refractivity (Wildman–Crippen MR) is 82.3 cm³/mol. The average Bonchev–Trinajstić information content (AvgIpc) is 3.03. The van der Waals surface area contributed by atoms with Crippen LogP contribution in [-0.2, 0) is 19.4 Å². The number of hydrogen-bond acceptors (Lipinski definition) is 8. The second-order valence-corrected chi connectivity index (χ2v) is 7.20. The number of aromatic nitrogens is 4. The molecule has 0 aliphatic carbocycles. The summed E-state index contributed by atoms with van der Waals surface area (Å²) in [5.74, 6) is -0.710. The van der Waals surface area contributed by atoms with Crippen molar-refractivity contribution in [3.05, 3.63) is 16.7 Å². The number of nitrogens with zero attached hydrogens (tertiary/aromatic N) is 4. The molecule has 2 aromatic heterocycles. The molecule has 0 aromatic carbocycles. The lowest BCUT2D eigenvalue weighted by atomic mass is 9.93. The van der Waals surface area contributed by atoms with E-state index in [-0.39, 0.29) is 17.1 Å². The highest BCUT2D eigenvalue weighted by atomic mass is 31.2. The Balaban J connectivity index is 1.75. The molecule has 4 heterocycles. The van der Waals surface area contributed by atoms with Crippen LogP contribution in [0.15, 0.2) is 11.1 Å². The monoisotopic (exact) mass is 382 g/mol. The third-order valence-electron chi connectivity index (χ3n) is 4.36. The zero-order chi connectivity index (χ0) is 18.9. The van der Waals surface area contributed by atoms with Crippen LogP contribution in [0, 0.1) is 11.5 Å². The fourth-order valence-corrected chi connectivity index (χ4v) is 3.57. The van der Waals surface area contributed by atoms with Crippen molar-refractivity contribution in [1.82, 2.24) is 14.5 Å². The minimum atomic E-state index is -4.73. The number of phosphoric acid groups is 1. The van der Waals surface area contributed by atoms with Crippen LogP contribution in [0.3, 0.4) is 0 Å². The fourth-order valence-electron chi connectivity index (χ4n) is 3.23. The lowest BCUT2D eigenvalue weighted by molar-refractivity contribution is -0.747. The Labute approximate surface area is 145 Å². The summed E-state index contributed by atoms with van der Waals surface area (Å²) in [5, 5.41) is 19.5. The quantitative estimate of drug-likeness (QED) is 0.205. The third-order valence-corrected chi connectivity index (χ3v) is 4.85. The van der Waals surface area contributed by atoms with Crippen LogP contribution in [0.4, 0.5) is 5.95 Å². The van der Waals surface area contributed by atoms with E-state index in [1.165, 1.54) is 10.9 Å². The number of aliphatic hydroxyl groups is 1. The highest BCUT2D eigenvalue weighted by Crippen LogP contribution is 2.55. The number of phosphoric ester groups is 1. The van der Waals surface area contributed by atoms with E-state index in [9.17, 15) is 19.7 Å². The van der Waals surface area contributed by atoms with Gasteiger partial charge in [-0.15, -0.1) is 0 Å². The van der Waals surface area contributed by atoms with Crippen LogP contribution >= 0.6 is 7.82 Å². The Hall–Kier alpha value is -2.27. The second kappa shape index (κ2) is 5.37. The standard InChI is InChI=1S/C11H11BN6O7P/c13-2-17-3-18(8-5(17)9(20)16-10(14)15-8)11-7(12-11)6(19)4(25-11)1-24-26(21,22)23/h3-4,6-7,19H,1H2,(H4-,14,15,16,20,21,22,23)/p+1/t4-,6-,7-,11+/m1/s1. The smallest absolute Gasteiger partial charge is 0.391 e. The highest BCUT2D eigenvalue weighted by Gasteiger charge is 2.72. The van der Waals surface area contributed by atoms with E-state index >= 15 is 0 Å². The molecule has 2 aliphatic heterocycles. The molecule has 2 aromatic rings. The molecule has 1 radical (unpaired) electrons. The van der Waals surface area contributed by atoms with E-state index in [0.29, 0.717) is 0 Å². The number of nitrogen functional groups attached to an aromatic ring is 1. The Bertz CT molecular complexity index is 1060. The average molecular weight is 382 g/mol. The summed E-state index contributed by atoms with van der Waals surface area (Å²) in [6, 6.07) is 0. The Morgan fingerprint density at radius 1 is 1.65 bits per heavy atom. The summed E-state index contributed by atoms with van der Waals surface area (Å²) >= 11 is 0. The summed E-state index contributed by atoms with van der Waals surface area (Å²) in [7, 11) is -3.11. The summed E-state index contributed by atoms with van der Waals surface area (Å²) < 4.78 is 23.3. The van der Waals surface area contributed by atoms with Crippen molar-refractivity contribution < 1.29 is 33.3 Å². The summed E-state index contributed by atoms with van der Waals surface area (Å²) in [4.78, 5) is 36.0.